The van der Waals surface area contributed by atoms with Crippen LogP contribution in [0.2, 0.25) is 0 Å². The van der Waals surface area contributed by atoms with Crippen LogP contribution < -0.4 is 5.32 Å². The molecule has 0 unspecified atom stereocenters. The molecule has 1 amide bonds. The molecule has 120 valence electrons. The molecular formula is C18H26N2O2. The zero-order valence-corrected chi connectivity index (χ0v) is 13.5. The Morgan fingerprint density at radius 3 is 2.41 bits per heavy atom. The van der Waals surface area contributed by atoms with Gasteiger partial charge in [0, 0.05) is 12.4 Å². The first-order valence-electron chi connectivity index (χ1n) is 8.34. The van der Waals surface area contributed by atoms with Gasteiger partial charge in [-0.1, -0.05) is 20.3 Å². The molecule has 22 heavy (non-hydrogen) atoms. The van der Waals surface area contributed by atoms with Crippen LogP contribution >= 0.6 is 0 Å². The largest absolute Gasteiger partial charge is 0.394 e. The Hall–Kier alpha value is -1.42. The summed E-state index contributed by atoms with van der Waals surface area (Å²) in [6, 6.07) is 3.76. The lowest BCUT2D eigenvalue weighted by Gasteiger charge is -2.60. The Bertz CT molecular complexity index is 529. The zero-order chi connectivity index (χ0) is 15.8. The van der Waals surface area contributed by atoms with Crippen molar-refractivity contribution in [1.82, 2.24) is 10.3 Å². The lowest BCUT2D eigenvalue weighted by Crippen LogP contribution is -2.62. The first-order valence-corrected chi connectivity index (χ1v) is 8.34. The second kappa shape index (κ2) is 5.65. The number of rotatable bonds is 5. The number of hydrogen-bond donors (Lipinski definition) is 2. The number of aromatic nitrogens is 1. The number of carbonyl (C=O) groups excluding carboxylic acids is 1. The highest BCUT2D eigenvalue weighted by Gasteiger charge is 2.61. The molecule has 2 N–H and O–H groups in total. The van der Waals surface area contributed by atoms with Crippen LogP contribution in [-0.4, -0.2) is 28.6 Å². The van der Waals surface area contributed by atoms with Gasteiger partial charge in [-0.3, -0.25) is 9.78 Å². The molecule has 3 rings (SSSR count). The summed E-state index contributed by atoms with van der Waals surface area (Å²) in [5.41, 5.74) is 1.04. The molecule has 2 aliphatic carbocycles. The van der Waals surface area contributed by atoms with E-state index < -0.39 is 5.41 Å². The normalized spacial score (nSPS) is 22.7. The second-order valence-corrected chi connectivity index (χ2v) is 7.53. The van der Waals surface area contributed by atoms with Crippen molar-refractivity contribution in [2.75, 3.05) is 6.61 Å². The van der Waals surface area contributed by atoms with E-state index in [1.807, 2.05) is 26.0 Å². The predicted octanol–water partition coefficient (Wildman–Crippen LogP) is 2.42. The van der Waals surface area contributed by atoms with Crippen molar-refractivity contribution >= 4 is 5.91 Å². The number of amides is 1. The minimum absolute atomic E-state index is 0.0129. The fourth-order valence-electron chi connectivity index (χ4n) is 4.16. The van der Waals surface area contributed by atoms with Gasteiger partial charge in [-0.05, 0) is 54.7 Å². The van der Waals surface area contributed by atoms with Gasteiger partial charge < -0.3 is 10.4 Å². The van der Waals surface area contributed by atoms with Gasteiger partial charge in [-0.15, -0.1) is 0 Å². The summed E-state index contributed by atoms with van der Waals surface area (Å²) in [4.78, 5) is 17.1. The number of aliphatic hydroxyl groups is 1. The molecule has 1 heterocycles. The van der Waals surface area contributed by atoms with Crippen LogP contribution in [-0.2, 0) is 10.2 Å². The standard InChI is InChI=1S/C18H26N2O2/c1-13(2)15(10-21)20-16(22)18(14-4-8-19-9-5-14)11-17(12-18)6-3-7-17/h4-5,8-9,13,15,21H,3,6-7,10-12H2,1-2H3,(H,20,22)/t15-/m1/s1. The maximum atomic E-state index is 13.0. The first-order chi connectivity index (χ1) is 10.5. The van der Waals surface area contributed by atoms with Crippen LogP contribution in [0.5, 0.6) is 0 Å². The average molecular weight is 302 g/mol. The van der Waals surface area contributed by atoms with Crippen LogP contribution in [0.1, 0.15) is 51.5 Å². The highest BCUT2D eigenvalue weighted by Crippen LogP contribution is 2.65. The molecule has 0 saturated heterocycles. The molecule has 2 aliphatic rings. The van der Waals surface area contributed by atoms with Gasteiger partial charge in [0.05, 0.1) is 18.1 Å². The third-order valence-electron chi connectivity index (χ3n) is 5.75. The molecule has 4 heteroatoms. The van der Waals surface area contributed by atoms with E-state index in [1.165, 1.54) is 19.3 Å². The molecule has 0 aliphatic heterocycles. The lowest BCUT2D eigenvalue weighted by atomic mass is 9.43. The van der Waals surface area contributed by atoms with Gasteiger partial charge in [-0.25, -0.2) is 0 Å². The van der Waals surface area contributed by atoms with Crippen molar-refractivity contribution in [3.63, 3.8) is 0 Å². The van der Waals surface area contributed by atoms with E-state index in [0.29, 0.717) is 5.41 Å². The molecule has 0 aromatic carbocycles. The zero-order valence-electron chi connectivity index (χ0n) is 13.5. The molecule has 0 radical (unpaired) electrons. The third kappa shape index (κ3) is 2.43. The lowest BCUT2D eigenvalue weighted by molar-refractivity contribution is -0.143. The average Bonchev–Trinajstić information content (AvgIpc) is 2.43. The van der Waals surface area contributed by atoms with E-state index in [0.717, 1.165) is 18.4 Å². The van der Waals surface area contributed by atoms with E-state index in [2.05, 4.69) is 10.3 Å². The molecule has 2 fully saturated rings. The summed E-state index contributed by atoms with van der Waals surface area (Å²) in [5.74, 6) is 0.296. The van der Waals surface area contributed by atoms with Gasteiger partial charge in [-0.2, -0.15) is 0 Å². The number of aliphatic hydroxyl groups excluding tert-OH is 1. The van der Waals surface area contributed by atoms with Crippen LogP contribution in [0, 0.1) is 11.3 Å². The fraction of sp³-hybridized carbons (Fsp3) is 0.667. The van der Waals surface area contributed by atoms with Crippen LogP contribution in [0.25, 0.3) is 0 Å². The number of nitrogens with one attached hydrogen (secondary N) is 1. The van der Waals surface area contributed by atoms with Crippen molar-refractivity contribution < 1.29 is 9.90 Å². The summed E-state index contributed by atoms with van der Waals surface area (Å²) < 4.78 is 0. The summed E-state index contributed by atoms with van der Waals surface area (Å²) >= 11 is 0. The Morgan fingerprint density at radius 1 is 1.32 bits per heavy atom. The van der Waals surface area contributed by atoms with E-state index in [4.69, 9.17) is 0 Å². The minimum atomic E-state index is -0.425. The molecule has 1 spiro atoms. The highest BCUT2D eigenvalue weighted by atomic mass is 16.3. The van der Waals surface area contributed by atoms with Gasteiger partial charge in [0.15, 0.2) is 0 Å². The maximum Gasteiger partial charge on any atom is 0.231 e. The van der Waals surface area contributed by atoms with E-state index >= 15 is 0 Å². The summed E-state index contributed by atoms with van der Waals surface area (Å²) in [6.07, 6.45) is 9.20. The molecule has 1 atom stereocenters. The quantitative estimate of drug-likeness (QED) is 0.878. The highest BCUT2D eigenvalue weighted by molar-refractivity contribution is 5.90. The van der Waals surface area contributed by atoms with E-state index in [1.54, 1.807) is 12.4 Å². The SMILES string of the molecule is CC(C)[C@@H](CO)NC(=O)C1(c2ccncc2)CC2(CCC2)C1. The fourth-order valence-corrected chi connectivity index (χ4v) is 4.16. The summed E-state index contributed by atoms with van der Waals surface area (Å²) in [6.45, 7) is 4.03. The molecule has 1 aromatic heterocycles. The Kier molecular flexibility index (Phi) is 3.98. The van der Waals surface area contributed by atoms with Crippen molar-refractivity contribution in [2.45, 2.75) is 57.4 Å². The van der Waals surface area contributed by atoms with Gasteiger partial charge in [0.2, 0.25) is 5.91 Å². The summed E-state index contributed by atoms with van der Waals surface area (Å²) in [5, 5.41) is 12.6. The van der Waals surface area contributed by atoms with Crippen LogP contribution in [0.3, 0.4) is 0 Å². The van der Waals surface area contributed by atoms with E-state index in [9.17, 15) is 9.90 Å². The topological polar surface area (TPSA) is 62.2 Å². The van der Waals surface area contributed by atoms with Gasteiger partial charge in [0.25, 0.3) is 0 Å². The number of hydrogen-bond acceptors (Lipinski definition) is 3. The Balaban J connectivity index is 1.82. The van der Waals surface area contributed by atoms with Gasteiger partial charge in [0.1, 0.15) is 0 Å². The van der Waals surface area contributed by atoms with Gasteiger partial charge >= 0.3 is 0 Å². The van der Waals surface area contributed by atoms with Crippen LogP contribution in [0.15, 0.2) is 24.5 Å². The van der Waals surface area contributed by atoms with Crippen molar-refractivity contribution in [2.24, 2.45) is 11.3 Å². The smallest absolute Gasteiger partial charge is 0.231 e. The monoisotopic (exact) mass is 302 g/mol. The molecule has 4 nitrogen and oxygen atoms in total. The second-order valence-electron chi connectivity index (χ2n) is 7.53. The van der Waals surface area contributed by atoms with Crippen molar-refractivity contribution in [3.8, 4) is 0 Å². The van der Waals surface area contributed by atoms with Crippen molar-refractivity contribution in [1.29, 1.82) is 0 Å². The minimum Gasteiger partial charge on any atom is -0.394 e. The first kappa shape index (κ1) is 15.5. The molecular weight excluding hydrogens is 276 g/mol. The third-order valence-corrected chi connectivity index (χ3v) is 5.75. The Morgan fingerprint density at radius 2 is 1.95 bits per heavy atom. The van der Waals surface area contributed by atoms with E-state index in [-0.39, 0.29) is 24.5 Å². The van der Waals surface area contributed by atoms with Crippen molar-refractivity contribution in [3.05, 3.63) is 30.1 Å². The number of pyridine rings is 1. The molecule has 0 bridgehead atoms. The Labute approximate surface area is 132 Å². The maximum absolute atomic E-state index is 13.0. The van der Waals surface area contributed by atoms with Crippen LogP contribution in [0.4, 0.5) is 0 Å². The number of carbonyl (C=O) groups is 1. The predicted molar refractivity (Wildman–Crippen MR) is 85.3 cm³/mol. The molecule has 2 saturated carbocycles. The summed E-state index contributed by atoms with van der Waals surface area (Å²) in [7, 11) is 0. The molecule has 1 aromatic rings. The number of nitrogens with zero attached hydrogens (tertiary/aromatic N) is 1.